The van der Waals surface area contributed by atoms with E-state index in [9.17, 15) is 9.59 Å². The Hall–Kier alpha value is -0.810. The molecule has 0 radical (unpaired) electrons. The highest BCUT2D eigenvalue weighted by Gasteiger charge is 2.18. The van der Waals surface area contributed by atoms with E-state index in [1.807, 2.05) is 0 Å². The number of nitrogens with one attached hydrogen (secondary N) is 2. The van der Waals surface area contributed by atoms with Crippen LogP contribution in [-0.4, -0.2) is 30.4 Å². The average molecular weight is 222 g/mol. The third-order valence-electron chi connectivity index (χ3n) is 1.64. The van der Waals surface area contributed by atoms with E-state index in [0.717, 1.165) is 0 Å². The van der Waals surface area contributed by atoms with Gasteiger partial charge in [-0.1, -0.05) is 13.8 Å². The number of carbonyl (C=O) groups is 2. The van der Waals surface area contributed by atoms with Crippen molar-refractivity contribution in [2.24, 2.45) is 11.7 Å². The van der Waals surface area contributed by atoms with Crippen molar-refractivity contribution in [3.63, 3.8) is 0 Å². The predicted molar refractivity (Wildman–Crippen MR) is 55.1 cm³/mol. The monoisotopic (exact) mass is 221 g/mol. The zero-order chi connectivity index (χ0) is 11.1. The first-order valence-corrected chi connectivity index (χ1v) is 4.92. The summed E-state index contributed by atoms with van der Waals surface area (Å²) in [6.45, 7) is 3.93. The van der Waals surface area contributed by atoms with Crippen LogP contribution in [0.1, 0.15) is 13.8 Å². The molecule has 82 valence electrons. The van der Waals surface area contributed by atoms with E-state index < -0.39 is 18.0 Å². The lowest BCUT2D eigenvalue weighted by Crippen LogP contribution is -2.49. The van der Waals surface area contributed by atoms with Crippen LogP contribution in [0.3, 0.4) is 0 Å². The summed E-state index contributed by atoms with van der Waals surface area (Å²) in [5, 5.41) is 4.52. The van der Waals surface area contributed by atoms with Crippen LogP contribution in [0.15, 0.2) is 0 Å². The number of alkyl halides is 1. The molecule has 0 unspecified atom stereocenters. The van der Waals surface area contributed by atoms with Gasteiger partial charge in [0.15, 0.2) is 0 Å². The molecule has 0 aromatic carbocycles. The van der Waals surface area contributed by atoms with Crippen LogP contribution >= 0.6 is 11.6 Å². The molecule has 0 aliphatic carbocycles. The van der Waals surface area contributed by atoms with Crippen LogP contribution in [0, 0.1) is 5.92 Å². The summed E-state index contributed by atoms with van der Waals surface area (Å²) in [6.07, 6.45) is 0. The second kappa shape index (κ2) is 6.62. The van der Waals surface area contributed by atoms with Gasteiger partial charge in [-0.3, -0.25) is 10.1 Å². The molecule has 0 saturated heterocycles. The number of nitrogens with two attached hydrogens (primary N) is 1. The Labute approximate surface area is 88.4 Å². The first-order chi connectivity index (χ1) is 6.49. The van der Waals surface area contributed by atoms with Gasteiger partial charge < -0.3 is 11.1 Å². The zero-order valence-electron chi connectivity index (χ0n) is 8.34. The largest absolute Gasteiger partial charge is 0.337 e. The summed E-state index contributed by atoms with van der Waals surface area (Å²) in [5.74, 6) is -0.180. The molecule has 6 heteroatoms. The van der Waals surface area contributed by atoms with Crippen molar-refractivity contribution in [1.29, 1.82) is 0 Å². The number of amides is 3. The Morgan fingerprint density at radius 1 is 1.43 bits per heavy atom. The molecule has 0 aromatic rings. The SMILES string of the molecule is CC(C)[C@H](N)C(=O)NC(=O)NCCCl. The van der Waals surface area contributed by atoms with Gasteiger partial charge in [0.1, 0.15) is 0 Å². The van der Waals surface area contributed by atoms with Crippen LogP contribution in [0.2, 0.25) is 0 Å². The van der Waals surface area contributed by atoms with Crippen LogP contribution in [0.25, 0.3) is 0 Å². The van der Waals surface area contributed by atoms with E-state index in [4.69, 9.17) is 17.3 Å². The lowest BCUT2D eigenvalue weighted by Gasteiger charge is -2.14. The summed E-state index contributed by atoms with van der Waals surface area (Å²) >= 11 is 5.34. The molecule has 1 atom stereocenters. The molecule has 0 fully saturated rings. The highest BCUT2D eigenvalue weighted by Crippen LogP contribution is 1.97. The molecule has 0 heterocycles. The van der Waals surface area contributed by atoms with E-state index in [0.29, 0.717) is 12.4 Å². The second-order valence-electron chi connectivity index (χ2n) is 3.20. The van der Waals surface area contributed by atoms with Gasteiger partial charge in [0, 0.05) is 12.4 Å². The fraction of sp³-hybridized carbons (Fsp3) is 0.750. The first-order valence-electron chi connectivity index (χ1n) is 4.39. The summed E-state index contributed by atoms with van der Waals surface area (Å²) in [7, 11) is 0. The fourth-order valence-electron chi connectivity index (χ4n) is 0.703. The first kappa shape index (κ1) is 13.2. The maximum atomic E-state index is 11.2. The topological polar surface area (TPSA) is 84.2 Å². The molecule has 0 bridgehead atoms. The normalized spacial score (nSPS) is 12.4. The number of carbonyl (C=O) groups excluding carboxylic acids is 2. The van der Waals surface area contributed by atoms with Crippen LogP contribution in [0.5, 0.6) is 0 Å². The van der Waals surface area contributed by atoms with Crippen LogP contribution in [-0.2, 0) is 4.79 Å². The molecule has 4 N–H and O–H groups in total. The Balaban J connectivity index is 3.87. The number of hydrogen-bond donors (Lipinski definition) is 3. The zero-order valence-corrected chi connectivity index (χ0v) is 9.10. The predicted octanol–water partition coefficient (Wildman–Crippen LogP) is 0.0343. The van der Waals surface area contributed by atoms with Gasteiger partial charge in [-0.15, -0.1) is 11.6 Å². The molecule has 0 aliphatic heterocycles. The molecule has 3 amide bonds. The highest BCUT2D eigenvalue weighted by molar-refractivity contribution is 6.18. The van der Waals surface area contributed by atoms with E-state index in [1.165, 1.54) is 0 Å². The third kappa shape index (κ3) is 5.04. The van der Waals surface area contributed by atoms with Crippen molar-refractivity contribution >= 4 is 23.5 Å². The minimum Gasteiger partial charge on any atom is -0.337 e. The van der Waals surface area contributed by atoms with Gasteiger partial charge in [0.25, 0.3) is 0 Å². The van der Waals surface area contributed by atoms with Crippen molar-refractivity contribution in [1.82, 2.24) is 10.6 Å². The number of imide groups is 1. The summed E-state index contributed by atoms with van der Waals surface area (Å²) < 4.78 is 0. The van der Waals surface area contributed by atoms with E-state index >= 15 is 0 Å². The van der Waals surface area contributed by atoms with Gasteiger partial charge >= 0.3 is 6.03 Å². The summed E-state index contributed by atoms with van der Waals surface area (Å²) in [6, 6.07) is -1.23. The van der Waals surface area contributed by atoms with Gasteiger partial charge in [0.2, 0.25) is 5.91 Å². The number of hydrogen-bond acceptors (Lipinski definition) is 3. The second-order valence-corrected chi connectivity index (χ2v) is 3.58. The van der Waals surface area contributed by atoms with E-state index in [-0.39, 0.29) is 5.92 Å². The van der Waals surface area contributed by atoms with Gasteiger partial charge in [-0.2, -0.15) is 0 Å². The van der Waals surface area contributed by atoms with Gasteiger partial charge in [0.05, 0.1) is 6.04 Å². The Morgan fingerprint density at radius 3 is 2.43 bits per heavy atom. The maximum absolute atomic E-state index is 11.2. The van der Waals surface area contributed by atoms with E-state index in [1.54, 1.807) is 13.8 Å². The Kier molecular flexibility index (Phi) is 6.23. The maximum Gasteiger partial charge on any atom is 0.321 e. The molecule has 0 aliphatic rings. The molecule has 5 nitrogen and oxygen atoms in total. The molecule has 0 saturated carbocycles. The van der Waals surface area contributed by atoms with Crippen molar-refractivity contribution < 1.29 is 9.59 Å². The molecule has 0 spiro atoms. The molecule has 14 heavy (non-hydrogen) atoms. The molecular formula is C8H16ClN3O2. The van der Waals surface area contributed by atoms with Crippen LogP contribution in [0.4, 0.5) is 4.79 Å². The summed E-state index contributed by atoms with van der Waals surface area (Å²) in [5.41, 5.74) is 5.52. The van der Waals surface area contributed by atoms with E-state index in [2.05, 4.69) is 10.6 Å². The molecular weight excluding hydrogens is 206 g/mol. The minimum absolute atomic E-state index is 0.00386. The number of halogens is 1. The van der Waals surface area contributed by atoms with Crippen molar-refractivity contribution in [3.05, 3.63) is 0 Å². The minimum atomic E-state index is -0.670. The van der Waals surface area contributed by atoms with Crippen LogP contribution < -0.4 is 16.4 Å². The lowest BCUT2D eigenvalue weighted by atomic mass is 10.1. The van der Waals surface area contributed by atoms with Gasteiger partial charge in [-0.05, 0) is 5.92 Å². The highest BCUT2D eigenvalue weighted by atomic mass is 35.5. The summed E-state index contributed by atoms with van der Waals surface area (Å²) in [4.78, 5) is 22.2. The van der Waals surface area contributed by atoms with Crippen molar-refractivity contribution in [2.75, 3.05) is 12.4 Å². The Bertz CT molecular complexity index is 209. The lowest BCUT2D eigenvalue weighted by molar-refractivity contribution is -0.122. The smallest absolute Gasteiger partial charge is 0.321 e. The quantitative estimate of drug-likeness (QED) is 0.586. The third-order valence-corrected chi connectivity index (χ3v) is 1.83. The van der Waals surface area contributed by atoms with Crippen molar-refractivity contribution in [3.8, 4) is 0 Å². The molecule has 0 rings (SSSR count). The number of urea groups is 1. The standard InChI is InChI=1S/C8H16ClN3O2/c1-5(2)6(10)7(13)12-8(14)11-4-3-9/h5-6H,3-4,10H2,1-2H3,(H2,11,12,13,14)/t6-/m0/s1. The Morgan fingerprint density at radius 2 is 2.00 bits per heavy atom. The molecule has 0 aromatic heterocycles. The van der Waals surface area contributed by atoms with Crippen molar-refractivity contribution in [2.45, 2.75) is 19.9 Å². The van der Waals surface area contributed by atoms with Gasteiger partial charge in [-0.25, -0.2) is 4.79 Å². The fourth-order valence-corrected chi connectivity index (χ4v) is 0.797. The average Bonchev–Trinajstić information content (AvgIpc) is 2.13. The number of rotatable bonds is 4.